The molecule has 154 valence electrons. The van der Waals surface area contributed by atoms with Crippen molar-refractivity contribution in [2.75, 3.05) is 23.8 Å². The number of nitrogens with zero attached hydrogens (tertiary/aromatic N) is 7. The molecule has 0 radical (unpaired) electrons. The SMILES string of the molecule is [2H]Nc1nc(OC(=O)CSc2nc(Cl)nc(NC)n2)nc(-[n+]2cccc(C(=O)O)c2)n1. The topological polar surface area (TPSA) is 183 Å². The van der Waals surface area contributed by atoms with Crippen molar-refractivity contribution in [3.63, 3.8) is 0 Å². The maximum atomic E-state index is 12.2. The number of carbonyl (C=O) groups is 2. The van der Waals surface area contributed by atoms with Crippen molar-refractivity contribution < 1.29 is 25.4 Å². The summed E-state index contributed by atoms with van der Waals surface area (Å²) in [6.45, 7) is 0. The molecule has 4 N–H and O–H groups in total. The van der Waals surface area contributed by atoms with Crippen LogP contribution in [0, 0.1) is 0 Å². The van der Waals surface area contributed by atoms with E-state index in [1.165, 1.54) is 29.1 Å². The number of thioether (sulfide) groups is 1. The summed E-state index contributed by atoms with van der Waals surface area (Å²) in [5, 5.41) is 12.0. The van der Waals surface area contributed by atoms with Gasteiger partial charge in [-0.3, -0.25) is 4.79 Å². The predicted octanol–water partition coefficient (Wildman–Crippen LogP) is 0.00650. The van der Waals surface area contributed by atoms with E-state index in [0.717, 1.165) is 11.8 Å². The second kappa shape index (κ2) is 9.23. The number of anilines is 2. The molecule has 0 aliphatic carbocycles. The van der Waals surface area contributed by atoms with Gasteiger partial charge in [0.15, 0.2) is 6.57 Å². The molecular formula is C15H13ClN9O4S+. The lowest BCUT2D eigenvalue weighted by atomic mass is 10.3. The summed E-state index contributed by atoms with van der Waals surface area (Å²) in [5.74, 6) is -2.11. The van der Waals surface area contributed by atoms with Gasteiger partial charge in [0.25, 0.3) is 0 Å². The molecule has 15 heteroatoms. The number of hydrogen-bond acceptors (Lipinski definition) is 12. The quantitative estimate of drug-likeness (QED) is 0.236. The van der Waals surface area contributed by atoms with Crippen molar-refractivity contribution in [1.82, 2.24) is 29.9 Å². The fraction of sp³-hybridized carbons (Fsp3) is 0.133. The average Bonchev–Trinajstić information content (AvgIpc) is 2.77. The first-order valence-corrected chi connectivity index (χ1v) is 9.36. The number of carboxylic acids is 1. The van der Waals surface area contributed by atoms with Crippen LogP contribution in [0.3, 0.4) is 0 Å². The van der Waals surface area contributed by atoms with Gasteiger partial charge in [0.05, 0.1) is 23.7 Å². The van der Waals surface area contributed by atoms with Crippen LogP contribution in [0.4, 0.5) is 11.9 Å². The van der Waals surface area contributed by atoms with Crippen LogP contribution in [0.15, 0.2) is 29.7 Å². The molecule has 0 aromatic carbocycles. The molecule has 3 aromatic heterocycles. The van der Waals surface area contributed by atoms with Crippen LogP contribution in [0.1, 0.15) is 10.4 Å². The number of hydrogen-bond donors (Lipinski definition) is 3. The summed E-state index contributed by atoms with van der Waals surface area (Å²) in [7, 11) is 1.61. The number of ether oxygens (including phenoxy) is 1. The molecule has 3 aromatic rings. The van der Waals surface area contributed by atoms with Crippen molar-refractivity contribution in [2.24, 2.45) is 0 Å². The van der Waals surface area contributed by atoms with Crippen LogP contribution in [0.25, 0.3) is 5.95 Å². The molecule has 0 aliphatic rings. The Morgan fingerprint density at radius 2 is 2.17 bits per heavy atom. The van der Waals surface area contributed by atoms with Gasteiger partial charge in [-0.25, -0.2) is 9.36 Å². The van der Waals surface area contributed by atoms with Crippen LogP contribution >= 0.6 is 23.4 Å². The second-order valence-electron chi connectivity index (χ2n) is 5.27. The van der Waals surface area contributed by atoms with Crippen LogP contribution in [0.5, 0.6) is 6.01 Å². The number of pyridine rings is 1. The van der Waals surface area contributed by atoms with Gasteiger partial charge in [0.1, 0.15) is 0 Å². The Morgan fingerprint density at radius 3 is 2.90 bits per heavy atom. The highest BCUT2D eigenvalue weighted by atomic mass is 35.5. The normalized spacial score (nSPS) is 10.8. The van der Waals surface area contributed by atoms with Crippen LogP contribution < -0.4 is 20.3 Å². The average molecular weight is 452 g/mol. The lowest BCUT2D eigenvalue weighted by Gasteiger charge is -2.03. The molecule has 0 bridgehead atoms. The van der Waals surface area contributed by atoms with E-state index in [2.05, 4.69) is 35.2 Å². The van der Waals surface area contributed by atoms with E-state index in [0.29, 0.717) is 0 Å². The van der Waals surface area contributed by atoms with Gasteiger partial charge in [-0.05, 0) is 33.7 Å². The van der Waals surface area contributed by atoms with Crippen LogP contribution in [-0.4, -0.2) is 59.7 Å². The minimum absolute atomic E-state index is 0.0183. The fourth-order valence-electron chi connectivity index (χ4n) is 2.00. The standard InChI is InChI=1S/C15H12ClN9O4S/c1-18-12-19-10(16)20-15(23-12)30-6-8(26)29-14-22-11(17)21-13(24-14)25-4-2-3-7(5-25)9(27)28/h2-5H,6H2,1H3,(H3-,17,18,19,20,21,22,23,24,27,28)/p+1/i/hD. The van der Waals surface area contributed by atoms with E-state index < -0.39 is 11.9 Å². The Labute approximate surface area is 179 Å². The zero-order chi connectivity index (χ0) is 22.4. The first kappa shape index (κ1) is 19.7. The molecule has 0 fully saturated rings. The van der Waals surface area contributed by atoms with Crippen LogP contribution in [0.2, 0.25) is 6.70 Å². The predicted molar refractivity (Wildman–Crippen MR) is 103 cm³/mol. The summed E-state index contributed by atoms with van der Waals surface area (Å²) in [4.78, 5) is 46.9. The maximum absolute atomic E-state index is 12.2. The van der Waals surface area contributed by atoms with E-state index in [1.807, 2.05) is 5.73 Å². The van der Waals surface area contributed by atoms with Crippen molar-refractivity contribution in [1.29, 1.82) is 0 Å². The van der Waals surface area contributed by atoms with E-state index in [1.54, 1.807) is 7.05 Å². The van der Waals surface area contributed by atoms with Gasteiger partial charge >= 0.3 is 29.8 Å². The molecule has 0 unspecified atom stereocenters. The van der Waals surface area contributed by atoms with Gasteiger partial charge in [0, 0.05) is 7.05 Å². The third-order valence-corrected chi connectivity index (χ3v) is 4.21. The van der Waals surface area contributed by atoms with Gasteiger partial charge in [0.2, 0.25) is 11.2 Å². The molecule has 30 heavy (non-hydrogen) atoms. The number of halogens is 1. The monoisotopic (exact) mass is 451 g/mol. The Balaban J connectivity index is 1.76. The number of aromatic carboxylic acids is 1. The Kier molecular flexibility index (Phi) is 6.05. The molecule has 0 saturated heterocycles. The summed E-state index contributed by atoms with van der Waals surface area (Å²) >= 11 is 6.74. The van der Waals surface area contributed by atoms with Crippen LogP contribution in [-0.2, 0) is 4.79 Å². The second-order valence-corrected chi connectivity index (χ2v) is 6.55. The molecule has 0 amide bonds. The minimum Gasteiger partial charge on any atom is -0.478 e. The molecule has 3 rings (SSSR count). The zero-order valence-corrected chi connectivity index (χ0v) is 16.7. The van der Waals surface area contributed by atoms with Crippen molar-refractivity contribution in [3.05, 3.63) is 35.4 Å². The number of rotatable bonds is 8. The van der Waals surface area contributed by atoms with Gasteiger partial charge in [-0.15, -0.1) is 4.98 Å². The highest BCUT2D eigenvalue weighted by Crippen LogP contribution is 2.17. The number of nitrogens with one attached hydrogen (secondary N) is 1. The number of nitrogen functional groups attached to an aromatic ring is 1. The summed E-state index contributed by atoms with van der Waals surface area (Å²) in [6, 6.07) is 2.47. The Morgan fingerprint density at radius 1 is 1.33 bits per heavy atom. The molecule has 0 spiro atoms. The summed E-state index contributed by atoms with van der Waals surface area (Å²) in [6.07, 6.45) is 2.75. The van der Waals surface area contributed by atoms with Crippen molar-refractivity contribution >= 4 is 47.2 Å². The van der Waals surface area contributed by atoms with E-state index in [-0.39, 0.29) is 45.6 Å². The lowest BCUT2D eigenvalue weighted by Crippen LogP contribution is -2.34. The first-order chi connectivity index (χ1) is 14.9. The third-order valence-electron chi connectivity index (χ3n) is 3.22. The highest BCUT2D eigenvalue weighted by Gasteiger charge is 2.21. The number of nitrogens with two attached hydrogens (primary N) is 1. The maximum Gasteiger partial charge on any atom is 0.446 e. The Hall–Kier alpha value is -3.65. The zero-order valence-electron chi connectivity index (χ0n) is 16.1. The molecule has 0 atom stereocenters. The largest absolute Gasteiger partial charge is 0.478 e. The summed E-state index contributed by atoms with van der Waals surface area (Å²) in [5.41, 5.74) is 1.96. The van der Waals surface area contributed by atoms with Crippen molar-refractivity contribution in [2.45, 2.75) is 5.16 Å². The number of carboxylic acid groups (broad SMARTS) is 1. The minimum atomic E-state index is -1.15. The molecule has 0 saturated carbocycles. The summed E-state index contributed by atoms with van der Waals surface area (Å²) < 4.78 is 13.6. The van der Waals surface area contributed by atoms with Gasteiger partial charge < -0.3 is 20.9 Å². The molecule has 0 aliphatic heterocycles. The molecule has 13 nitrogen and oxygen atoms in total. The first-order valence-electron chi connectivity index (χ1n) is 8.49. The van der Waals surface area contributed by atoms with E-state index in [9.17, 15) is 9.59 Å². The lowest BCUT2D eigenvalue weighted by molar-refractivity contribution is -0.603. The Bertz CT molecular complexity index is 1140. The fourth-order valence-corrected chi connectivity index (χ4v) is 2.81. The highest BCUT2D eigenvalue weighted by molar-refractivity contribution is 7.99. The molecule has 3 heterocycles. The third kappa shape index (κ3) is 5.45. The van der Waals surface area contributed by atoms with E-state index in [4.69, 9.17) is 22.9 Å². The van der Waals surface area contributed by atoms with Gasteiger partial charge in [-0.1, -0.05) is 11.8 Å². The number of esters is 1. The van der Waals surface area contributed by atoms with E-state index >= 15 is 0 Å². The molecular weight excluding hydrogens is 438 g/mol. The smallest absolute Gasteiger partial charge is 0.446 e. The number of aromatic nitrogens is 7. The van der Waals surface area contributed by atoms with Gasteiger partial charge in [-0.2, -0.15) is 15.0 Å². The number of carbonyl (C=O) groups excluding carboxylic acids is 1. The van der Waals surface area contributed by atoms with Crippen molar-refractivity contribution in [3.8, 4) is 12.0 Å².